The smallest absolute Gasteiger partial charge is 0.258 e. The molecule has 0 fully saturated rings. The molecule has 0 saturated carbocycles. The number of alkyl halides is 2. The second-order valence-corrected chi connectivity index (χ2v) is 9.08. The number of rotatable bonds is 12. The molecule has 0 radical (unpaired) electrons. The molecule has 10 heteroatoms. The largest absolute Gasteiger partial charge is 0.376 e. The van der Waals surface area contributed by atoms with E-state index in [0.29, 0.717) is 32.7 Å². The van der Waals surface area contributed by atoms with Crippen molar-refractivity contribution in [1.82, 2.24) is 16.0 Å². The van der Waals surface area contributed by atoms with Crippen molar-refractivity contribution in [3.8, 4) is 0 Å². The van der Waals surface area contributed by atoms with Crippen LogP contribution in [0.25, 0.3) is 0 Å². The molecule has 0 heterocycles. The van der Waals surface area contributed by atoms with Gasteiger partial charge in [-0.05, 0) is 19.1 Å². The summed E-state index contributed by atoms with van der Waals surface area (Å²) in [5, 5.41) is 27.8. The van der Waals surface area contributed by atoms with Crippen molar-refractivity contribution >= 4 is 33.0 Å². The predicted molar refractivity (Wildman–Crippen MR) is 99.6 cm³/mol. The highest BCUT2D eigenvalue weighted by Gasteiger charge is 2.40. The lowest BCUT2D eigenvalue weighted by atomic mass is 10.2. The summed E-state index contributed by atoms with van der Waals surface area (Å²) in [6.45, 7) is 4.11. The first kappa shape index (κ1) is 22.6. The monoisotopic (exact) mass is 413 g/mol. The highest BCUT2D eigenvalue weighted by molar-refractivity contribution is 7.94. The minimum atomic E-state index is -4.08. The topological polar surface area (TPSA) is 111 Å². The lowest BCUT2D eigenvalue weighted by Crippen LogP contribution is -2.44. The van der Waals surface area contributed by atoms with Crippen LogP contribution in [0.1, 0.15) is 5.56 Å². The van der Waals surface area contributed by atoms with E-state index in [4.69, 9.17) is 28.3 Å². The lowest BCUT2D eigenvalue weighted by Gasteiger charge is -2.21. The van der Waals surface area contributed by atoms with Crippen molar-refractivity contribution in [1.29, 1.82) is 0 Å². The molecule has 2 unspecified atom stereocenters. The maximum absolute atomic E-state index is 12.4. The van der Waals surface area contributed by atoms with Gasteiger partial charge >= 0.3 is 0 Å². The number of benzene rings is 1. The molecule has 0 aliphatic heterocycles. The Labute approximate surface area is 158 Å². The average Bonchev–Trinajstić information content (AvgIpc) is 2.53. The van der Waals surface area contributed by atoms with Crippen molar-refractivity contribution in [2.45, 2.75) is 21.8 Å². The fourth-order valence-electron chi connectivity index (χ4n) is 1.94. The minimum Gasteiger partial charge on any atom is -0.376 e. The van der Waals surface area contributed by atoms with E-state index in [9.17, 15) is 13.5 Å². The van der Waals surface area contributed by atoms with E-state index < -0.39 is 19.8 Å². The summed E-state index contributed by atoms with van der Waals surface area (Å²) in [5.74, 6) is 0. The highest BCUT2D eigenvalue weighted by atomic mass is 35.5. The summed E-state index contributed by atoms with van der Waals surface area (Å²) in [6.07, 6.45) is 0. The van der Waals surface area contributed by atoms with Crippen molar-refractivity contribution < 1.29 is 18.6 Å². The molecule has 144 valence electrons. The van der Waals surface area contributed by atoms with Crippen LogP contribution in [-0.2, 0) is 9.84 Å². The van der Waals surface area contributed by atoms with Gasteiger partial charge in [0.1, 0.15) is 5.56 Å². The number of aryl methyl sites for hydroxylation is 1. The zero-order chi connectivity index (χ0) is 18.9. The number of hydrogen-bond donors (Lipinski definition) is 5. The van der Waals surface area contributed by atoms with Gasteiger partial charge in [0, 0.05) is 32.7 Å². The summed E-state index contributed by atoms with van der Waals surface area (Å²) >= 11 is 11.2. The zero-order valence-electron chi connectivity index (χ0n) is 14.0. The molecular weight excluding hydrogens is 389 g/mol. The van der Waals surface area contributed by atoms with E-state index in [1.54, 1.807) is 12.1 Å². The first-order chi connectivity index (χ1) is 11.7. The van der Waals surface area contributed by atoms with Crippen LogP contribution in [0, 0.1) is 6.92 Å². The number of aliphatic hydroxyl groups excluding tert-OH is 1. The van der Waals surface area contributed by atoms with E-state index >= 15 is 0 Å². The standard InChI is InChI=1S/C15H25Cl2N3O4S/c1-12-2-4-13(5-3-12)25(23,24)15(17,22)11-20-9-7-18-6-8-19-10-14(16)21/h2-5,14,18-22H,6-11H2,1H3. The molecule has 1 rings (SSSR count). The molecule has 0 spiro atoms. The van der Waals surface area contributed by atoms with Crippen molar-refractivity contribution in [3.63, 3.8) is 0 Å². The van der Waals surface area contributed by atoms with Crippen LogP contribution in [0.5, 0.6) is 0 Å². The second-order valence-electron chi connectivity index (χ2n) is 5.57. The Morgan fingerprint density at radius 1 is 1.08 bits per heavy atom. The maximum Gasteiger partial charge on any atom is 0.258 e. The SMILES string of the molecule is Cc1ccc(S(=O)(=O)C(O)(Cl)CNCCNCCNCC(O)Cl)cc1. The van der Waals surface area contributed by atoms with Crippen LogP contribution in [0.15, 0.2) is 29.2 Å². The fourth-order valence-corrected chi connectivity index (χ4v) is 3.55. The van der Waals surface area contributed by atoms with Crippen LogP contribution in [-0.4, -0.2) is 67.9 Å². The maximum atomic E-state index is 12.4. The first-order valence-electron chi connectivity index (χ1n) is 7.84. The van der Waals surface area contributed by atoms with E-state index in [-0.39, 0.29) is 11.4 Å². The molecule has 0 aliphatic carbocycles. The molecule has 0 bridgehead atoms. The highest BCUT2D eigenvalue weighted by Crippen LogP contribution is 2.27. The molecule has 5 N–H and O–H groups in total. The van der Waals surface area contributed by atoms with E-state index in [2.05, 4.69) is 16.0 Å². The Bertz CT molecular complexity index is 610. The van der Waals surface area contributed by atoms with Gasteiger partial charge in [-0.25, -0.2) is 8.42 Å². The molecule has 0 saturated heterocycles. The second kappa shape index (κ2) is 10.6. The molecule has 7 nitrogen and oxygen atoms in total. The van der Waals surface area contributed by atoms with E-state index in [0.717, 1.165) is 5.56 Å². The third-order valence-electron chi connectivity index (χ3n) is 3.36. The molecular formula is C15H25Cl2N3O4S. The number of hydrogen-bond acceptors (Lipinski definition) is 7. The summed E-state index contributed by atoms with van der Waals surface area (Å²) in [7, 11) is -4.08. The molecule has 0 aliphatic rings. The van der Waals surface area contributed by atoms with Crippen LogP contribution in [0.4, 0.5) is 0 Å². The number of aliphatic hydroxyl groups is 2. The average molecular weight is 414 g/mol. The quantitative estimate of drug-likeness (QED) is 0.242. The Morgan fingerprint density at radius 3 is 2.16 bits per heavy atom. The van der Waals surface area contributed by atoms with Gasteiger partial charge in [-0.2, -0.15) is 0 Å². The third-order valence-corrected chi connectivity index (χ3v) is 6.11. The normalized spacial score (nSPS) is 15.7. The summed E-state index contributed by atoms with van der Waals surface area (Å²) < 4.78 is 22.3. The molecule has 0 aromatic heterocycles. The van der Waals surface area contributed by atoms with Gasteiger partial charge in [-0.15, -0.1) is 0 Å². The Morgan fingerprint density at radius 2 is 1.60 bits per heavy atom. The van der Waals surface area contributed by atoms with Gasteiger partial charge in [0.2, 0.25) is 9.84 Å². The lowest BCUT2D eigenvalue weighted by molar-refractivity contribution is 0.204. The first-order valence-corrected chi connectivity index (χ1v) is 10.1. The van der Waals surface area contributed by atoms with Gasteiger partial charge < -0.3 is 26.2 Å². The van der Waals surface area contributed by atoms with Gasteiger partial charge in [-0.3, -0.25) is 0 Å². The van der Waals surface area contributed by atoms with Crippen molar-refractivity contribution in [2.24, 2.45) is 0 Å². The number of halogens is 2. The van der Waals surface area contributed by atoms with E-state index in [1.807, 2.05) is 6.92 Å². The van der Waals surface area contributed by atoms with E-state index in [1.165, 1.54) is 12.1 Å². The fraction of sp³-hybridized carbons (Fsp3) is 0.600. The minimum absolute atomic E-state index is 0.0249. The summed E-state index contributed by atoms with van der Waals surface area (Å²) in [4.78, 5) is -0.0249. The number of nitrogens with one attached hydrogen (secondary N) is 3. The molecule has 1 aromatic rings. The van der Waals surface area contributed by atoms with Crippen LogP contribution >= 0.6 is 23.2 Å². The summed E-state index contributed by atoms with van der Waals surface area (Å²) in [6, 6.07) is 6.14. The molecule has 1 aromatic carbocycles. The molecule has 25 heavy (non-hydrogen) atoms. The third kappa shape index (κ3) is 7.76. The number of sulfone groups is 1. The Kier molecular flexibility index (Phi) is 9.61. The Balaban J connectivity index is 2.32. The van der Waals surface area contributed by atoms with Crippen LogP contribution in [0.3, 0.4) is 0 Å². The van der Waals surface area contributed by atoms with Crippen molar-refractivity contribution in [2.75, 3.05) is 39.3 Å². The van der Waals surface area contributed by atoms with Crippen LogP contribution < -0.4 is 16.0 Å². The molecule has 2 atom stereocenters. The zero-order valence-corrected chi connectivity index (χ0v) is 16.3. The van der Waals surface area contributed by atoms with Gasteiger partial charge in [-0.1, -0.05) is 40.9 Å². The van der Waals surface area contributed by atoms with Crippen LogP contribution in [0.2, 0.25) is 0 Å². The Hall–Kier alpha value is -0.450. The predicted octanol–water partition coefficient (Wildman–Crippen LogP) is -0.0204. The van der Waals surface area contributed by atoms with Gasteiger partial charge in [0.05, 0.1) is 11.4 Å². The van der Waals surface area contributed by atoms with Gasteiger partial charge in [0.25, 0.3) is 4.39 Å². The summed E-state index contributed by atoms with van der Waals surface area (Å²) in [5.41, 5.74) is 0.00912. The van der Waals surface area contributed by atoms with Crippen molar-refractivity contribution in [3.05, 3.63) is 29.8 Å². The molecule has 0 amide bonds. The van der Waals surface area contributed by atoms with Gasteiger partial charge in [0.15, 0.2) is 0 Å².